The van der Waals surface area contributed by atoms with Crippen LogP contribution in [0.25, 0.3) is 16.8 Å². The maximum atomic E-state index is 14.2. The molecule has 0 fully saturated rings. The summed E-state index contributed by atoms with van der Waals surface area (Å²) < 4.78 is 21.9. The van der Waals surface area contributed by atoms with E-state index in [2.05, 4.69) is 37.1 Å². The van der Waals surface area contributed by atoms with Gasteiger partial charge in [-0.1, -0.05) is 26.0 Å². The number of hydrogen-bond donors (Lipinski definition) is 0. The fraction of sp³-hybridized carbons (Fsp3) is 0.375. The molecular weight excluding hydrogens is 351 g/mol. The van der Waals surface area contributed by atoms with Crippen LogP contribution in [0.4, 0.5) is 4.39 Å². The zero-order valence-corrected chi connectivity index (χ0v) is 17.4. The number of nitrogens with zero attached hydrogens (tertiary/aromatic N) is 2. The highest BCUT2D eigenvalue weighted by molar-refractivity contribution is 5.69. The zero-order valence-electron chi connectivity index (χ0n) is 17.4. The van der Waals surface area contributed by atoms with Crippen molar-refractivity contribution in [3.8, 4) is 22.6 Å². The first-order chi connectivity index (χ1) is 13.4. The fourth-order valence-corrected chi connectivity index (χ4v) is 3.61. The molecule has 0 aliphatic rings. The predicted octanol–water partition coefficient (Wildman–Crippen LogP) is 6.68. The van der Waals surface area contributed by atoms with Gasteiger partial charge in [0.2, 0.25) is 0 Å². The van der Waals surface area contributed by atoms with E-state index >= 15 is 0 Å². The molecule has 0 saturated heterocycles. The molecule has 2 aromatic carbocycles. The fourth-order valence-electron chi connectivity index (χ4n) is 3.61. The van der Waals surface area contributed by atoms with Crippen molar-refractivity contribution in [1.82, 2.24) is 9.78 Å². The maximum absolute atomic E-state index is 14.2. The van der Waals surface area contributed by atoms with Gasteiger partial charge in [-0.25, -0.2) is 9.07 Å². The van der Waals surface area contributed by atoms with Crippen molar-refractivity contribution in [2.75, 3.05) is 0 Å². The van der Waals surface area contributed by atoms with Crippen molar-refractivity contribution in [2.45, 2.75) is 59.5 Å². The van der Waals surface area contributed by atoms with E-state index in [4.69, 9.17) is 4.74 Å². The van der Waals surface area contributed by atoms with Gasteiger partial charge in [-0.05, 0) is 80.5 Å². The number of rotatable bonds is 7. The summed E-state index contributed by atoms with van der Waals surface area (Å²) in [5.74, 6) is 0.708. The lowest BCUT2D eigenvalue weighted by atomic mass is 9.90. The van der Waals surface area contributed by atoms with Gasteiger partial charge >= 0.3 is 0 Å². The Morgan fingerprint density at radius 1 is 1.00 bits per heavy atom. The zero-order chi connectivity index (χ0) is 20.3. The minimum atomic E-state index is -0.297. The minimum Gasteiger partial charge on any atom is -0.491 e. The first-order valence-electron chi connectivity index (χ1n) is 10.1. The molecule has 3 aromatic rings. The second-order valence-corrected chi connectivity index (χ2v) is 7.53. The van der Waals surface area contributed by atoms with Crippen molar-refractivity contribution in [3.63, 3.8) is 0 Å². The van der Waals surface area contributed by atoms with E-state index in [9.17, 15) is 4.39 Å². The molecule has 148 valence electrons. The highest BCUT2D eigenvalue weighted by atomic mass is 19.1. The number of benzene rings is 2. The van der Waals surface area contributed by atoms with Gasteiger partial charge in [0, 0.05) is 12.3 Å². The van der Waals surface area contributed by atoms with Gasteiger partial charge in [-0.2, -0.15) is 5.10 Å². The van der Waals surface area contributed by atoms with Crippen LogP contribution in [0.2, 0.25) is 0 Å². The maximum Gasteiger partial charge on any atom is 0.127 e. The number of aryl methyl sites for hydroxylation is 1. The average Bonchev–Trinajstić information content (AvgIpc) is 3.08. The molecule has 0 radical (unpaired) electrons. The lowest BCUT2D eigenvalue weighted by Gasteiger charge is -2.19. The van der Waals surface area contributed by atoms with Gasteiger partial charge in [-0.15, -0.1) is 0 Å². The Morgan fingerprint density at radius 3 is 2.36 bits per heavy atom. The highest BCUT2D eigenvalue weighted by Gasteiger charge is 2.16. The molecule has 0 atom stereocenters. The SMILES string of the molecule is CCC(CC)c1ccc(-c2cc(F)cc(OC(C)C)c2)cc1-n1ccc(C)n1. The third-order valence-corrected chi connectivity index (χ3v) is 5.00. The highest BCUT2D eigenvalue weighted by Crippen LogP contribution is 2.34. The lowest BCUT2D eigenvalue weighted by molar-refractivity contribution is 0.241. The number of ether oxygens (including phenoxy) is 1. The van der Waals surface area contributed by atoms with E-state index in [0.29, 0.717) is 11.7 Å². The Hall–Kier alpha value is -2.62. The lowest BCUT2D eigenvalue weighted by Crippen LogP contribution is -2.06. The molecule has 0 saturated carbocycles. The molecule has 0 aliphatic carbocycles. The Balaban J connectivity index is 2.12. The summed E-state index contributed by atoms with van der Waals surface area (Å²) in [4.78, 5) is 0. The smallest absolute Gasteiger partial charge is 0.127 e. The van der Waals surface area contributed by atoms with Crippen LogP contribution < -0.4 is 4.74 Å². The standard InChI is InChI=1S/C24H29FN2O/c1-6-18(7-2)23-9-8-19(14-24(23)27-11-10-17(5)26-27)20-12-21(25)15-22(13-20)28-16(3)4/h8-16,18H,6-7H2,1-5H3. The van der Waals surface area contributed by atoms with Crippen LogP contribution in [0.15, 0.2) is 48.7 Å². The molecule has 3 rings (SSSR count). The normalized spacial score (nSPS) is 11.4. The van der Waals surface area contributed by atoms with Crippen LogP contribution in [-0.2, 0) is 0 Å². The van der Waals surface area contributed by atoms with Gasteiger partial charge in [-0.3, -0.25) is 0 Å². The predicted molar refractivity (Wildman–Crippen MR) is 113 cm³/mol. The number of aromatic nitrogens is 2. The Morgan fingerprint density at radius 2 is 1.75 bits per heavy atom. The van der Waals surface area contributed by atoms with Crippen LogP contribution in [0.5, 0.6) is 5.75 Å². The molecule has 0 N–H and O–H groups in total. The van der Waals surface area contributed by atoms with Crippen LogP contribution in [-0.4, -0.2) is 15.9 Å². The van der Waals surface area contributed by atoms with Crippen molar-refractivity contribution < 1.29 is 9.13 Å². The molecular formula is C24H29FN2O. The van der Waals surface area contributed by atoms with Crippen molar-refractivity contribution in [1.29, 1.82) is 0 Å². The quantitative estimate of drug-likeness (QED) is 0.457. The molecule has 1 heterocycles. The molecule has 3 nitrogen and oxygen atoms in total. The van der Waals surface area contributed by atoms with E-state index in [1.807, 2.05) is 43.8 Å². The molecule has 0 amide bonds. The monoisotopic (exact) mass is 380 g/mol. The molecule has 0 unspecified atom stereocenters. The number of halogens is 1. The Labute approximate surface area is 167 Å². The van der Waals surface area contributed by atoms with Gasteiger partial charge in [0.15, 0.2) is 0 Å². The Kier molecular flexibility index (Phi) is 6.18. The summed E-state index contributed by atoms with van der Waals surface area (Å²) >= 11 is 0. The van der Waals surface area contributed by atoms with Crippen molar-refractivity contribution in [3.05, 3.63) is 65.7 Å². The van der Waals surface area contributed by atoms with E-state index in [-0.39, 0.29) is 11.9 Å². The van der Waals surface area contributed by atoms with E-state index < -0.39 is 0 Å². The van der Waals surface area contributed by atoms with E-state index in [1.165, 1.54) is 11.6 Å². The summed E-state index contributed by atoms with van der Waals surface area (Å²) in [6, 6.07) is 13.2. The topological polar surface area (TPSA) is 27.1 Å². The van der Waals surface area contributed by atoms with Gasteiger partial charge in [0.25, 0.3) is 0 Å². The first-order valence-corrected chi connectivity index (χ1v) is 10.1. The summed E-state index contributed by atoms with van der Waals surface area (Å²) in [5.41, 5.74) is 5.05. The van der Waals surface area contributed by atoms with E-state index in [1.54, 1.807) is 6.07 Å². The number of hydrogen-bond acceptors (Lipinski definition) is 2. The summed E-state index contributed by atoms with van der Waals surface area (Å²) in [7, 11) is 0. The second kappa shape index (κ2) is 8.59. The van der Waals surface area contributed by atoms with Crippen molar-refractivity contribution >= 4 is 0 Å². The van der Waals surface area contributed by atoms with E-state index in [0.717, 1.165) is 35.3 Å². The van der Waals surface area contributed by atoms with Crippen molar-refractivity contribution in [2.24, 2.45) is 0 Å². The largest absolute Gasteiger partial charge is 0.491 e. The molecule has 4 heteroatoms. The molecule has 0 spiro atoms. The molecule has 28 heavy (non-hydrogen) atoms. The average molecular weight is 381 g/mol. The van der Waals surface area contributed by atoms with Gasteiger partial charge in [0.05, 0.1) is 17.5 Å². The summed E-state index contributed by atoms with van der Waals surface area (Å²) in [6.07, 6.45) is 4.11. The molecule has 0 aliphatic heterocycles. The first kappa shape index (κ1) is 20.1. The van der Waals surface area contributed by atoms with Crippen LogP contribution >= 0.6 is 0 Å². The third-order valence-electron chi connectivity index (χ3n) is 5.00. The van der Waals surface area contributed by atoms with Gasteiger partial charge in [0.1, 0.15) is 11.6 Å². The second-order valence-electron chi connectivity index (χ2n) is 7.53. The van der Waals surface area contributed by atoms with Crippen LogP contribution in [0.1, 0.15) is 57.7 Å². The third kappa shape index (κ3) is 4.44. The molecule has 0 bridgehead atoms. The van der Waals surface area contributed by atoms with Crippen LogP contribution in [0.3, 0.4) is 0 Å². The summed E-state index contributed by atoms with van der Waals surface area (Å²) in [5, 5.41) is 4.62. The molecule has 1 aromatic heterocycles. The van der Waals surface area contributed by atoms with Gasteiger partial charge < -0.3 is 4.74 Å². The van der Waals surface area contributed by atoms with Crippen LogP contribution in [0, 0.1) is 12.7 Å². The Bertz CT molecular complexity index is 942. The summed E-state index contributed by atoms with van der Waals surface area (Å²) in [6.45, 7) is 10.3. The minimum absolute atomic E-state index is 0.00509.